The van der Waals surface area contributed by atoms with Crippen LogP contribution in [0.3, 0.4) is 0 Å². The van der Waals surface area contributed by atoms with Crippen molar-refractivity contribution in [2.24, 2.45) is 0 Å². The van der Waals surface area contributed by atoms with Gasteiger partial charge < -0.3 is 54.8 Å². The lowest BCUT2D eigenvalue weighted by Gasteiger charge is -2.24. The number of hydrogen-bond donors (Lipinski definition) is 6. The Balaban J connectivity index is 1.25. The highest BCUT2D eigenvalue weighted by Crippen LogP contribution is 2.39. The zero-order valence-electron chi connectivity index (χ0n) is 34.2. The van der Waals surface area contributed by atoms with E-state index in [-0.39, 0.29) is 62.5 Å². The molecule has 0 saturated heterocycles. The summed E-state index contributed by atoms with van der Waals surface area (Å²) in [5, 5.41) is 21.8. The number of rotatable bonds is 20. The van der Waals surface area contributed by atoms with Crippen LogP contribution in [-0.2, 0) is 30.7 Å². The number of methoxy groups -OCH3 is 2. The summed E-state index contributed by atoms with van der Waals surface area (Å²) in [5.74, 6) is 0.374. The summed E-state index contributed by atoms with van der Waals surface area (Å²) in [6, 6.07) is 20.6. The lowest BCUT2D eigenvalue weighted by molar-refractivity contribution is -0.138. The number of anilines is 5. The molecule has 1 atom stereocenters. The molecular weight excluding hydrogens is 795 g/mol. The third kappa shape index (κ3) is 12.7. The molecule has 60 heavy (non-hydrogen) atoms. The van der Waals surface area contributed by atoms with E-state index in [9.17, 15) is 18.6 Å². The Hall–Kier alpha value is -6.50. The number of fused-ring (bicyclic) bond motifs is 1. The fraction of sp³-hybridized carbons (Fsp3) is 0.310. The third-order valence-corrected chi connectivity index (χ3v) is 9.17. The van der Waals surface area contributed by atoms with E-state index < -0.39 is 23.0 Å². The number of nitrogens with one attached hydrogen (secondary N) is 5. The van der Waals surface area contributed by atoms with Gasteiger partial charge in [-0.05, 0) is 47.4 Å². The predicted molar refractivity (Wildman–Crippen MR) is 231 cm³/mol. The highest BCUT2D eigenvalue weighted by atomic mass is 32.2. The van der Waals surface area contributed by atoms with Gasteiger partial charge in [0.25, 0.3) is 5.91 Å². The Kier molecular flexibility index (Phi) is 15.6. The minimum Gasteiger partial charge on any atom is -0.497 e. The molecule has 1 heterocycles. The molecule has 18 heteroatoms. The normalized spacial score (nSPS) is 11.6. The molecular formula is C42H49N7O10S. The van der Waals surface area contributed by atoms with E-state index in [1.165, 1.54) is 26.7 Å². The Bertz CT molecular complexity index is 2340. The first-order chi connectivity index (χ1) is 28.7. The molecule has 0 aliphatic heterocycles. The highest BCUT2D eigenvalue weighted by molar-refractivity contribution is 7.85. The van der Waals surface area contributed by atoms with Crippen LogP contribution in [-0.4, -0.2) is 90.6 Å². The van der Waals surface area contributed by atoms with Crippen LogP contribution in [0.2, 0.25) is 0 Å². The second-order valence-electron chi connectivity index (χ2n) is 14.2. The zero-order chi connectivity index (χ0) is 43.2. The molecule has 0 aliphatic carbocycles. The number of urea groups is 1. The van der Waals surface area contributed by atoms with Gasteiger partial charge in [0.2, 0.25) is 11.8 Å². The molecule has 1 unspecified atom stereocenters. The lowest BCUT2D eigenvalue weighted by Crippen LogP contribution is -2.27. The van der Waals surface area contributed by atoms with Crippen LogP contribution in [0.4, 0.5) is 33.5 Å². The maximum Gasteiger partial charge on any atom is 0.323 e. The fourth-order valence-corrected chi connectivity index (χ4v) is 6.25. The molecule has 5 rings (SSSR count). The smallest absolute Gasteiger partial charge is 0.323 e. The molecule has 6 N–H and O–H groups in total. The summed E-state index contributed by atoms with van der Waals surface area (Å²) in [7, 11) is 1.59. The molecule has 0 bridgehead atoms. The van der Waals surface area contributed by atoms with Gasteiger partial charge in [-0.3, -0.25) is 9.59 Å². The van der Waals surface area contributed by atoms with E-state index in [1.54, 1.807) is 36.4 Å². The van der Waals surface area contributed by atoms with Gasteiger partial charge in [0.1, 0.15) is 22.5 Å². The van der Waals surface area contributed by atoms with Crippen molar-refractivity contribution in [2.45, 2.75) is 32.6 Å². The van der Waals surface area contributed by atoms with Gasteiger partial charge >= 0.3 is 12.0 Å². The monoisotopic (exact) mass is 843 g/mol. The number of carbonyl (C=O) groups is 3. The van der Waals surface area contributed by atoms with Crippen molar-refractivity contribution in [1.29, 1.82) is 0 Å². The molecule has 1 aromatic heterocycles. The third-order valence-electron chi connectivity index (χ3n) is 8.66. The van der Waals surface area contributed by atoms with E-state index in [0.717, 1.165) is 5.56 Å². The Labute approximate surface area is 350 Å². The average molecular weight is 844 g/mol. The summed E-state index contributed by atoms with van der Waals surface area (Å²) < 4.78 is 42.9. The second-order valence-corrected chi connectivity index (χ2v) is 15.3. The first-order valence-corrected chi connectivity index (χ1v) is 20.3. The van der Waals surface area contributed by atoms with Crippen molar-refractivity contribution >= 4 is 68.4 Å². The molecule has 0 spiro atoms. The van der Waals surface area contributed by atoms with Gasteiger partial charge in [0.05, 0.1) is 64.1 Å². The number of carbonyl (C=O) groups excluding carboxylic acids is 2. The van der Waals surface area contributed by atoms with Crippen molar-refractivity contribution in [2.75, 3.05) is 74.1 Å². The Morgan fingerprint density at radius 3 is 2.23 bits per heavy atom. The molecule has 3 amide bonds. The summed E-state index contributed by atoms with van der Waals surface area (Å²) >= 11 is 0. The molecule has 4 aromatic carbocycles. The van der Waals surface area contributed by atoms with Crippen LogP contribution < -0.4 is 40.2 Å². The lowest BCUT2D eigenvalue weighted by atomic mass is 9.86. The van der Waals surface area contributed by atoms with Gasteiger partial charge in [-0.1, -0.05) is 45.0 Å². The maximum absolute atomic E-state index is 13.5. The van der Waals surface area contributed by atoms with Gasteiger partial charge in [0.15, 0.2) is 5.75 Å². The van der Waals surface area contributed by atoms with Crippen molar-refractivity contribution in [1.82, 2.24) is 15.3 Å². The van der Waals surface area contributed by atoms with Crippen LogP contribution in [0, 0.1) is 0 Å². The van der Waals surface area contributed by atoms with Crippen molar-refractivity contribution < 1.29 is 47.4 Å². The van der Waals surface area contributed by atoms with Crippen molar-refractivity contribution in [3.63, 3.8) is 0 Å². The topological polar surface area (TPSA) is 221 Å². The standard InChI is InChI=1S/C42H49N7O10S/c1-42(2,3)27-23-33(38(56-5)34(24-27)49-60(6)54)47-41(53)46-32-11-12-35(31-10-8-7-9-30(31)32)59-36-13-15-44-40(48-36)45-28-21-26(22-29(25-28)55-4)39(52)43-16-18-58-20-19-57-17-14-37(50)51/h7-13,15,21-25,49H,14,16-20H2,1-6H3,(H,43,52)(H,50,51)(H,44,45,48)(H2,46,47,53). The van der Waals surface area contributed by atoms with Gasteiger partial charge in [-0.25, -0.2) is 14.0 Å². The Morgan fingerprint density at radius 1 is 0.817 bits per heavy atom. The van der Waals surface area contributed by atoms with Gasteiger partial charge in [-0.15, -0.1) is 0 Å². The number of carboxylic acid groups (broad SMARTS) is 1. The van der Waals surface area contributed by atoms with Crippen LogP contribution >= 0.6 is 0 Å². The van der Waals surface area contributed by atoms with Crippen LogP contribution in [0.5, 0.6) is 23.1 Å². The summed E-state index contributed by atoms with van der Waals surface area (Å²) in [6.07, 6.45) is 2.97. The molecule has 0 saturated carbocycles. The molecule has 5 aromatic rings. The van der Waals surface area contributed by atoms with E-state index in [1.807, 2.05) is 57.2 Å². The van der Waals surface area contributed by atoms with Crippen molar-refractivity contribution in [3.05, 3.63) is 90.1 Å². The number of aliphatic carboxylic acids is 1. The number of amides is 3. The number of nitrogens with zero attached hydrogens (tertiary/aromatic N) is 2. The molecule has 0 fully saturated rings. The van der Waals surface area contributed by atoms with Crippen LogP contribution in [0.15, 0.2) is 79.0 Å². The minimum absolute atomic E-state index is 0.0774. The quantitative estimate of drug-likeness (QED) is 0.0433. The second kappa shape index (κ2) is 21.0. The average Bonchev–Trinajstić information content (AvgIpc) is 3.20. The molecule has 17 nitrogen and oxygen atoms in total. The highest BCUT2D eigenvalue weighted by Gasteiger charge is 2.22. The zero-order valence-corrected chi connectivity index (χ0v) is 35.0. The number of ether oxygens (including phenoxy) is 5. The summed E-state index contributed by atoms with van der Waals surface area (Å²) in [5.41, 5.74) is 2.83. The fourth-order valence-electron chi connectivity index (χ4n) is 5.79. The Morgan fingerprint density at radius 2 is 1.53 bits per heavy atom. The first-order valence-electron chi connectivity index (χ1n) is 18.8. The van der Waals surface area contributed by atoms with E-state index in [0.29, 0.717) is 56.3 Å². The number of benzene rings is 4. The predicted octanol–water partition coefficient (Wildman–Crippen LogP) is 7.07. The first kappa shape index (κ1) is 44.6. The summed E-state index contributed by atoms with van der Waals surface area (Å²) in [4.78, 5) is 45.9. The van der Waals surface area contributed by atoms with Crippen molar-refractivity contribution in [3.8, 4) is 23.1 Å². The SMILES string of the molecule is COc1cc(Nc2nccc(Oc3ccc(NC(=O)Nc4cc(C(C)(C)C)cc(NS(C)=O)c4OC)c4ccccc34)n2)cc(C(=O)NCCOCCOCCC(=O)O)c1. The largest absolute Gasteiger partial charge is 0.497 e. The van der Waals surface area contributed by atoms with E-state index in [2.05, 4.69) is 36.0 Å². The van der Waals surface area contributed by atoms with E-state index >= 15 is 0 Å². The maximum atomic E-state index is 13.5. The van der Waals surface area contributed by atoms with E-state index in [4.69, 9.17) is 28.8 Å². The number of hydrogen-bond acceptors (Lipinski definition) is 12. The molecule has 0 aliphatic rings. The molecule has 318 valence electrons. The van der Waals surface area contributed by atoms with Crippen LogP contribution in [0.1, 0.15) is 43.1 Å². The van der Waals surface area contributed by atoms with Gasteiger partial charge in [-0.2, -0.15) is 4.98 Å². The van der Waals surface area contributed by atoms with Gasteiger partial charge in [0, 0.05) is 53.2 Å². The summed E-state index contributed by atoms with van der Waals surface area (Å²) in [6.45, 7) is 7.20. The minimum atomic E-state index is -1.38. The van der Waals surface area contributed by atoms with Crippen LogP contribution in [0.25, 0.3) is 10.8 Å². The number of carboxylic acids is 1. The molecule has 0 radical (unpaired) electrons. The number of aromatic nitrogens is 2.